The number of nitrogen functional groups attached to an aromatic ring is 1. The second kappa shape index (κ2) is 5.84. The smallest absolute Gasteiger partial charge is 0.271 e. The number of hydrogen-bond acceptors (Lipinski definition) is 6. The normalized spacial score (nSPS) is 11.1. The molecule has 2 aromatic heterocycles. The van der Waals surface area contributed by atoms with E-state index in [0.29, 0.717) is 36.4 Å². The summed E-state index contributed by atoms with van der Waals surface area (Å²) in [6.07, 6.45) is 0. The van der Waals surface area contributed by atoms with Crippen molar-refractivity contribution in [2.45, 2.75) is 10.9 Å². The van der Waals surface area contributed by atoms with Crippen molar-refractivity contribution >= 4 is 61.8 Å². The molecule has 0 saturated carbocycles. The largest absolute Gasteiger partial charge is 0.375 e. The number of nitrogens with zero attached hydrogens (tertiary/aromatic N) is 2. The first kappa shape index (κ1) is 14.6. The molecule has 0 aliphatic heterocycles. The summed E-state index contributed by atoms with van der Waals surface area (Å²) < 4.78 is 0.436. The van der Waals surface area contributed by atoms with Crippen LogP contribution in [0.4, 0.5) is 5.13 Å². The van der Waals surface area contributed by atoms with E-state index in [1.165, 1.54) is 11.8 Å². The fourth-order valence-electron chi connectivity index (χ4n) is 1.68. The zero-order valence-corrected chi connectivity index (χ0v) is 13.5. The Balaban J connectivity index is 1.84. The molecule has 1 aromatic carbocycles. The molecule has 0 bridgehead atoms. The van der Waals surface area contributed by atoms with Crippen LogP contribution in [0.2, 0.25) is 10.0 Å². The molecule has 0 atom stereocenters. The van der Waals surface area contributed by atoms with Gasteiger partial charge < -0.3 is 10.7 Å². The Bertz CT molecular complexity index is 877. The Hall–Kier alpha value is -1.28. The van der Waals surface area contributed by atoms with Gasteiger partial charge in [0, 0.05) is 5.75 Å². The van der Waals surface area contributed by atoms with Crippen molar-refractivity contribution in [1.82, 2.24) is 15.0 Å². The Kier molecular flexibility index (Phi) is 4.08. The average Bonchev–Trinajstić information content (AvgIpc) is 2.81. The molecule has 3 rings (SSSR count). The van der Waals surface area contributed by atoms with E-state index in [4.69, 9.17) is 28.9 Å². The molecule has 21 heavy (non-hydrogen) atoms. The molecular formula is C12H8Cl2N4OS2. The number of halogens is 2. The second-order valence-electron chi connectivity index (χ2n) is 4.11. The maximum absolute atomic E-state index is 11.9. The van der Waals surface area contributed by atoms with E-state index in [1.54, 1.807) is 12.1 Å². The van der Waals surface area contributed by atoms with Gasteiger partial charge in [-0.3, -0.25) is 4.79 Å². The van der Waals surface area contributed by atoms with Crippen LogP contribution in [0.25, 0.3) is 10.3 Å². The molecular weight excluding hydrogens is 351 g/mol. The number of thioether (sulfide) groups is 1. The molecule has 5 nitrogen and oxygen atoms in total. The quantitative estimate of drug-likeness (QED) is 0.552. The Morgan fingerprint density at radius 2 is 2.10 bits per heavy atom. The number of anilines is 1. The van der Waals surface area contributed by atoms with Crippen LogP contribution in [0.5, 0.6) is 0 Å². The van der Waals surface area contributed by atoms with Gasteiger partial charge in [0.1, 0.15) is 4.70 Å². The Labute approximate surface area is 137 Å². The molecule has 3 aromatic rings. The standard InChI is InChI=1S/C12H8Cl2N4OS2/c13-6-2-1-5(3-7(6)14)4-20-12-17-9-8(10(19)18-12)21-11(15)16-9/h1-3H,4H2,(H3,15,16,17,18,19). The summed E-state index contributed by atoms with van der Waals surface area (Å²) in [6, 6.07) is 5.40. The van der Waals surface area contributed by atoms with Crippen molar-refractivity contribution < 1.29 is 0 Å². The average molecular weight is 359 g/mol. The second-order valence-corrected chi connectivity index (χ2v) is 6.92. The molecule has 0 amide bonds. The summed E-state index contributed by atoms with van der Waals surface area (Å²) in [5.74, 6) is 0.602. The van der Waals surface area contributed by atoms with Gasteiger partial charge in [0.05, 0.1) is 10.0 Å². The minimum Gasteiger partial charge on any atom is -0.375 e. The van der Waals surface area contributed by atoms with Crippen LogP contribution in [0.15, 0.2) is 28.2 Å². The summed E-state index contributed by atoms with van der Waals surface area (Å²) in [7, 11) is 0. The summed E-state index contributed by atoms with van der Waals surface area (Å²) in [6.45, 7) is 0. The lowest BCUT2D eigenvalue weighted by atomic mass is 10.2. The van der Waals surface area contributed by atoms with Gasteiger partial charge in [-0.05, 0) is 17.7 Å². The monoisotopic (exact) mass is 358 g/mol. The van der Waals surface area contributed by atoms with Gasteiger partial charge in [0.25, 0.3) is 5.56 Å². The van der Waals surface area contributed by atoms with Crippen molar-refractivity contribution in [2.75, 3.05) is 5.73 Å². The van der Waals surface area contributed by atoms with E-state index in [1.807, 2.05) is 6.07 Å². The predicted octanol–water partition coefficient (Wildman–Crippen LogP) is 3.56. The molecule has 108 valence electrons. The molecule has 0 unspecified atom stereocenters. The van der Waals surface area contributed by atoms with Gasteiger partial charge in [-0.25, -0.2) is 9.97 Å². The molecule has 3 N–H and O–H groups in total. The van der Waals surface area contributed by atoms with E-state index >= 15 is 0 Å². The van der Waals surface area contributed by atoms with Crippen molar-refractivity contribution in [1.29, 1.82) is 0 Å². The minimum atomic E-state index is -0.231. The molecule has 0 fully saturated rings. The van der Waals surface area contributed by atoms with Gasteiger partial charge >= 0.3 is 0 Å². The zero-order chi connectivity index (χ0) is 15.0. The van der Waals surface area contributed by atoms with Crippen LogP contribution in [-0.4, -0.2) is 15.0 Å². The number of fused-ring (bicyclic) bond motifs is 1. The number of nitrogens with one attached hydrogen (secondary N) is 1. The maximum atomic E-state index is 11.9. The van der Waals surface area contributed by atoms with E-state index in [9.17, 15) is 4.79 Å². The lowest BCUT2D eigenvalue weighted by molar-refractivity contribution is 0.968. The van der Waals surface area contributed by atoms with E-state index < -0.39 is 0 Å². The van der Waals surface area contributed by atoms with Gasteiger partial charge in [-0.2, -0.15) is 0 Å². The SMILES string of the molecule is Nc1nc2nc(SCc3ccc(Cl)c(Cl)c3)[nH]c(=O)c2s1. The number of hydrogen-bond donors (Lipinski definition) is 2. The number of benzene rings is 1. The van der Waals surface area contributed by atoms with Gasteiger partial charge in [0.15, 0.2) is 15.9 Å². The predicted molar refractivity (Wildman–Crippen MR) is 88.5 cm³/mol. The number of aromatic amines is 1. The highest BCUT2D eigenvalue weighted by Crippen LogP contribution is 2.27. The third-order valence-corrected chi connectivity index (χ3v) is 5.18. The lowest BCUT2D eigenvalue weighted by Gasteiger charge is -2.03. The van der Waals surface area contributed by atoms with Gasteiger partial charge in [-0.15, -0.1) is 0 Å². The Morgan fingerprint density at radius 1 is 1.29 bits per heavy atom. The topological polar surface area (TPSA) is 84.7 Å². The third-order valence-electron chi connectivity index (χ3n) is 2.62. The molecule has 0 aliphatic rings. The number of aromatic nitrogens is 3. The van der Waals surface area contributed by atoms with E-state index in [2.05, 4.69) is 15.0 Å². The fourth-order valence-corrected chi connectivity index (χ4v) is 3.47. The summed E-state index contributed by atoms with van der Waals surface area (Å²) in [4.78, 5) is 22.9. The minimum absolute atomic E-state index is 0.231. The highest BCUT2D eigenvalue weighted by atomic mass is 35.5. The third kappa shape index (κ3) is 3.16. The van der Waals surface area contributed by atoms with Crippen LogP contribution < -0.4 is 11.3 Å². The summed E-state index contributed by atoms with van der Waals surface area (Å²) >= 11 is 14.3. The highest BCUT2D eigenvalue weighted by Gasteiger charge is 2.09. The molecule has 2 heterocycles. The Morgan fingerprint density at radius 3 is 2.86 bits per heavy atom. The maximum Gasteiger partial charge on any atom is 0.271 e. The first-order valence-corrected chi connectivity index (χ1v) is 8.32. The van der Waals surface area contributed by atoms with Crippen LogP contribution in [0.3, 0.4) is 0 Å². The summed E-state index contributed by atoms with van der Waals surface area (Å²) in [5, 5.41) is 1.83. The van der Waals surface area contributed by atoms with E-state index in [0.717, 1.165) is 16.9 Å². The first-order valence-electron chi connectivity index (χ1n) is 5.76. The number of nitrogens with two attached hydrogens (primary N) is 1. The van der Waals surface area contributed by atoms with Crippen molar-refractivity contribution in [3.8, 4) is 0 Å². The molecule has 0 radical (unpaired) electrons. The van der Waals surface area contributed by atoms with Crippen molar-refractivity contribution in [3.63, 3.8) is 0 Å². The summed E-state index contributed by atoms with van der Waals surface area (Å²) in [5.41, 5.74) is 6.71. The number of H-pyrrole nitrogens is 1. The van der Waals surface area contributed by atoms with Crippen LogP contribution in [0.1, 0.15) is 5.56 Å². The lowest BCUT2D eigenvalue weighted by Crippen LogP contribution is -2.07. The highest BCUT2D eigenvalue weighted by molar-refractivity contribution is 7.98. The fraction of sp³-hybridized carbons (Fsp3) is 0.0833. The number of rotatable bonds is 3. The van der Waals surface area contributed by atoms with Crippen LogP contribution in [0, 0.1) is 0 Å². The zero-order valence-electron chi connectivity index (χ0n) is 10.4. The van der Waals surface area contributed by atoms with Crippen molar-refractivity contribution in [3.05, 3.63) is 44.2 Å². The molecule has 0 spiro atoms. The van der Waals surface area contributed by atoms with Gasteiger partial charge in [-0.1, -0.05) is 52.4 Å². The first-order chi connectivity index (χ1) is 10.0. The molecule has 0 aliphatic carbocycles. The van der Waals surface area contributed by atoms with Crippen LogP contribution in [-0.2, 0) is 5.75 Å². The molecule has 0 saturated heterocycles. The van der Waals surface area contributed by atoms with E-state index in [-0.39, 0.29) is 5.56 Å². The van der Waals surface area contributed by atoms with Crippen molar-refractivity contribution in [2.24, 2.45) is 0 Å². The number of thiazole rings is 1. The van der Waals surface area contributed by atoms with Crippen LogP contribution >= 0.6 is 46.3 Å². The van der Waals surface area contributed by atoms with Gasteiger partial charge in [0.2, 0.25) is 0 Å². The molecule has 9 heteroatoms.